The van der Waals surface area contributed by atoms with Crippen LogP contribution >= 0.6 is 0 Å². The average Bonchev–Trinajstić information content (AvgIpc) is 2.66. The van der Waals surface area contributed by atoms with Crippen molar-refractivity contribution in [2.24, 2.45) is 10.9 Å². The molecule has 5 nitrogen and oxygen atoms in total. The molecule has 0 aromatic carbocycles. The van der Waals surface area contributed by atoms with Gasteiger partial charge < -0.3 is 10.6 Å². The van der Waals surface area contributed by atoms with E-state index < -0.39 is 12.7 Å². The first-order valence-corrected chi connectivity index (χ1v) is 11.0. The van der Waals surface area contributed by atoms with Crippen molar-refractivity contribution < 1.29 is 13.2 Å². The highest BCUT2D eigenvalue weighted by Crippen LogP contribution is 2.24. The van der Waals surface area contributed by atoms with Crippen LogP contribution in [0.15, 0.2) is 4.99 Å². The largest absolute Gasteiger partial charge is 0.401 e. The Balaban J connectivity index is 1.70. The Labute approximate surface area is 168 Å². The summed E-state index contributed by atoms with van der Waals surface area (Å²) in [5, 5.41) is 6.73. The van der Waals surface area contributed by atoms with E-state index in [2.05, 4.69) is 29.4 Å². The van der Waals surface area contributed by atoms with Gasteiger partial charge in [-0.05, 0) is 71.1 Å². The molecule has 0 spiro atoms. The van der Waals surface area contributed by atoms with Gasteiger partial charge in [0.25, 0.3) is 0 Å². The van der Waals surface area contributed by atoms with Gasteiger partial charge in [-0.15, -0.1) is 0 Å². The number of aliphatic imine (C=N–C) groups is 1. The van der Waals surface area contributed by atoms with E-state index in [1.54, 1.807) is 0 Å². The number of halogens is 3. The van der Waals surface area contributed by atoms with Crippen LogP contribution in [-0.4, -0.2) is 80.3 Å². The number of rotatable bonds is 8. The summed E-state index contributed by atoms with van der Waals surface area (Å²) >= 11 is 0. The van der Waals surface area contributed by atoms with E-state index in [0.717, 1.165) is 51.4 Å². The van der Waals surface area contributed by atoms with Gasteiger partial charge in [-0.3, -0.25) is 14.8 Å². The van der Waals surface area contributed by atoms with Crippen molar-refractivity contribution >= 4 is 5.96 Å². The molecule has 0 radical (unpaired) electrons. The Morgan fingerprint density at radius 1 is 1.04 bits per heavy atom. The standard InChI is InChI=1S/C20H38F3N5/c1-3-24-19(26-15-18-7-5-6-12-28(18)4-2)25-11-8-17-9-13-27(14-10-17)16-20(21,22)23/h17-18H,3-16H2,1-2H3,(H2,24,25,26). The molecule has 0 aromatic rings. The van der Waals surface area contributed by atoms with E-state index in [0.29, 0.717) is 25.0 Å². The van der Waals surface area contributed by atoms with Crippen molar-refractivity contribution in [3.05, 3.63) is 0 Å². The number of likely N-dealkylation sites (N-methyl/N-ethyl adjacent to an activating group) is 1. The molecule has 0 amide bonds. The highest BCUT2D eigenvalue weighted by molar-refractivity contribution is 5.79. The number of guanidine groups is 1. The van der Waals surface area contributed by atoms with Crippen LogP contribution in [-0.2, 0) is 0 Å². The van der Waals surface area contributed by atoms with Crippen LogP contribution in [0.3, 0.4) is 0 Å². The summed E-state index contributed by atoms with van der Waals surface area (Å²) in [6.07, 6.45) is 2.37. The van der Waals surface area contributed by atoms with Gasteiger partial charge in [0.05, 0.1) is 13.1 Å². The second kappa shape index (κ2) is 11.9. The highest BCUT2D eigenvalue weighted by Gasteiger charge is 2.32. The molecule has 0 aliphatic carbocycles. The molecule has 1 atom stereocenters. The molecule has 8 heteroatoms. The SMILES string of the molecule is CCNC(=NCC1CCCCN1CC)NCCC1CCN(CC(F)(F)F)CC1. The summed E-state index contributed by atoms with van der Waals surface area (Å²) in [5.41, 5.74) is 0. The molecule has 2 fully saturated rings. The number of hydrogen-bond acceptors (Lipinski definition) is 3. The molecule has 2 N–H and O–H groups in total. The minimum absolute atomic E-state index is 0.494. The van der Waals surface area contributed by atoms with Gasteiger partial charge in [0.1, 0.15) is 0 Å². The van der Waals surface area contributed by atoms with Crippen molar-refractivity contribution in [2.45, 2.75) is 64.6 Å². The van der Waals surface area contributed by atoms with Crippen LogP contribution in [0.5, 0.6) is 0 Å². The monoisotopic (exact) mass is 405 g/mol. The van der Waals surface area contributed by atoms with Gasteiger partial charge >= 0.3 is 6.18 Å². The number of nitrogens with one attached hydrogen (secondary N) is 2. The smallest absolute Gasteiger partial charge is 0.357 e. The second-order valence-corrected chi connectivity index (χ2v) is 8.05. The Morgan fingerprint density at radius 3 is 2.43 bits per heavy atom. The minimum Gasteiger partial charge on any atom is -0.357 e. The Bertz CT molecular complexity index is 461. The Hall–Kier alpha value is -1.02. The van der Waals surface area contributed by atoms with Gasteiger partial charge in [-0.1, -0.05) is 13.3 Å². The van der Waals surface area contributed by atoms with Gasteiger partial charge in [-0.2, -0.15) is 13.2 Å². The lowest BCUT2D eigenvalue weighted by atomic mass is 9.93. The molecule has 2 rings (SSSR count). The molecule has 0 bridgehead atoms. The maximum absolute atomic E-state index is 12.5. The normalized spacial score (nSPS) is 23.8. The summed E-state index contributed by atoms with van der Waals surface area (Å²) in [6, 6.07) is 0.534. The summed E-state index contributed by atoms with van der Waals surface area (Å²) in [4.78, 5) is 8.84. The first-order chi connectivity index (χ1) is 13.4. The fourth-order valence-corrected chi connectivity index (χ4v) is 4.30. The van der Waals surface area contributed by atoms with Gasteiger partial charge in [0.2, 0.25) is 0 Å². The Morgan fingerprint density at radius 2 is 1.79 bits per heavy atom. The maximum atomic E-state index is 12.5. The van der Waals surface area contributed by atoms with Crippen LogP contribution < -0.4 is 10.6 Å². The number of likely N-dealkylation sites (tertiary alicyclic amines) is 2. The number of alkyl halides is 3. The minimum atomic E-state index is -4.09. The predicted octanol–water partition coefficient (Wildman–Crippen LogP) is 3.08. The van der Waals surface area contributed by atoms with Gasteiger partial charge in [-0.25, -0.2) is 0 Å². The molecule has 0 saturated carbocycles. The molecule has 1 unspecified atom stereocenters. The topological polar surface area (TPSA) is 42.9 Å². The van der Waals surface area contributed by atoms with Crippen molar-refractivity contribution in [2.75, 3.05) is 52.4 Å². The number of nitrogens with zero attached hydrogens (tertiary/aromatic N) is 3. The van der Waals surface area contributed by atoms with Crippen LogP contribution in [0, 0.1) is 5.92 Å². The third-order valence-corrected chi connectivity index (χ3v) is 5.91. The quantitative estimate of drug-likeness (QED) is 0.481. The predicted molar refractivity (Wildman–Crippen MR) is 109 cm³/mol. The fraction of sp³-hybridized carbons (Fsp3) is 0.950. The second-order valence-electron chi connectivity index (χ2n) is 8.05. The lowest BCUT2D eigenvalue weighted by Gasteiger charge is -2.34. The summed E-state index contributed by atoms with van der Waals surface area (Å²) in [7, 11) is 0. The molecule has 2 heterocycles. The molecule has 2 aliphatic heterocycles. The van der Waals surface area contributed by atoms with Crippen LogP contribution in [0.2, 0.25) is 0 Å². The van der Waals surface area contributed by atoms with Crippen LogP contribution in [0.25, 0.3) is 0 Å². The maximum Gasteiger partial charge on any atom is 0.401 e. The number of piperidine rings is 2. The molecular formula is C20H38F3N5. The van der Waals surface area contributed by atoms with E-state index in [9.17, 15) is 13.2 Å². The van der Waals surface area contributed by atoms with Crippen molar-refractivity contribution in [1.29, 1.82) is 0 Å². The van der Waals surface area contributed by atoms with Crippen molar-refractivity contribution in [1.82, 2.24) is 20.4 Å². The summed E-state index contributed by atoms with van der Waals surface area (Å²) in [5.74, 6) is 1.35. The summed E-state index contributed by atoms with van der Waals surface area (Å²) < 4.78 is 37.4. The molecule has 2 aliphatic rings. The molecule has 0 aromatic heterocycles. The van der Waals surface area contributed by atoms with E-state index in [1.807, 2.05) is 0 Å². The first-order valence-electron chi connectivity index (χ1n) is 11.0. The lowest BCUT2D eigenvalue weighted by Crippen LogP contribution is -2.44. The van der Waals surface area contributed by atoms with Gasteiger partial charge in [0.15, 0.2) is 5.96 Å². The van der Waals surface area contributed by atoms with E-state index in [-0.39, 0.29) is 0 Å². The molecule has 2 saturated heterocycles. The van der Waals surface area contributed by atoms with Crippen LogP contribution in [0.4, 0.5) is 13.2 Å². The zero-order valence-corrected chi connectivity index (χ0v) is 17.5. The third kappa shape index (κ3) is 8.55. The molecule has 28 heavy (non-hydrogen) atoms. The lowest BCUT2D eigenvalue weighted by molar-refractivity contribution is -0.148. The highest BCUT2D eigenvalue weighted by atomic mass is 19.4. The van der Waals surface area contributed by atoms with Crippen LogP contribution in [0.1, 0.15) is 52.4 Å². The Kier molecular flexibility index (Phi) is 9.85. The van der Waals surface area contributed by atoms with Crippen molar-refractivity contribution in [3.8, 4) is 0 Å². The van der Waals surface area contributed by atoms with Crippen molar-refractivity contribution in [3.63, 3.8) is 0 Å². The van der Waals surface area contributed by atoms with E-state index in [4.69, 9.17) is 4.99 Å². The third-order valence-electron chi connectivity index (χ3n) is 5.91. The average molecular weight is 406 g/mol. The summed E-state index contributed by atoms with van der Waals surface area (Å²) in [6.45, 7) is 9.31. The first kappa shape index (κ1) is 23.3. The molecular weight excluding hydrogens is 367 g/mol. The number of hydrogen-bond donors (Lipinski definition) is 2. The van der Waals surface area contributed by atoms with E-state index >= 15 is 0 Å². The fourth-order valence-electron chi connectivity index (χ4n) is 4.30. The zero-order chi connectivity index (χ0) is 20.4. The van der Waals surface area contributed by atoms with E-state index in [1.165, 1.54) is 30.7 Å². The van der Waals surface area contributed by atoms with Gasteiger partial charge in [0, 0.05) is 19.1 Å². The zero-order valence-electron chi connectivity index (χ0n) is 17.5. The molecule has 164 valence electrons.